The Labute approximate surface area is 125 Å². The maximum Gasteiger partial charge on any atom is 0.419 e. The van der Waals surface area contributed by atoms with Gasteiger partial charge in [0.2, 0.25) is 0 Å². The molecule has 0 fully saturated rings. The molecule has 0 amide bonds. The number of hydrogen-bond donors (Lipinski definition) is 0. The van der Waals surface area contributed by atoms with Crippen molar-refractivity contribution in [1.82, 2.24) is 4.57 Å². The predicted octanol–water partition coefficient (Wildman–Crippen LogP) is 4.30. The van der Waals surface area contributed by atoms with E-state index < -0.39 is 5.60 Å². The Morgan fingerprint density at radius 3 is 2.43 bits per heavy atom. The van der Waals surface area contributed by atoms with E-state index >= 15 is 0 Å². The molecule has 0 radical (unpaired) electrons. The van der Waals surface area contributed by atoms with Crippen molar-refractivity contribution in [2.75, 3.05) is 7.11 Å². The van der Waals surface area contributed by atoms with Crippen LogP contribution in [0, 0.1) is 6.92 Å². The van der Waals surface area contributed by atoms with Crippen molar-refractivity contribution < 1.29 is 14.3 Å². The van der Waals surface area contributed by atoms with Crippen molar-refractivity contribution in [3.8, 4) is 5.75 Å². The highest BCUT2D eigenvalue weighted by Gasteiger charge is 2.22. The molecule has 0 unspecified atom stereocenters. The third-order valence-corrected chi connectivity index (χ3v) is 3.33. The lowest BCUT2D eigenvalue weighted by molar-refractivity contribution is 0.0540. The van der Waals surface area contributed by atoms with Crippen LogP contribution in [0.5, 0.6) is 5.75 Å². The van der Waals surface area contributed by atoms with Gasteiger partial charge in [-0.15, -0.1) is 0 Å². The molecule has 2 rings (SSSR count). The van der Waals surface area contributed by atoms with E-state index in [1.54, 1.807) is 11.7 Å². The van der Waals surface area contributed by atoms with E-state index in [0.29, 0.717) is 0 Å². The summed E-state index contributed by atoms with van der Waals surface area (Å²) in [7, 11) is 1.65. The highest BCUT2D eigenvalue weighted by atomic mass is 16.6. The number of ether oxygens (including phenoxy) is 2. The second-order valence-corrected chi connectivity index (χ2v) is 6.19. The number of carbonyl (C=O) groups is 1. The summed E-state index contributed by atoms with van der Waals surface area (Å²) >= 11 is 0. The third kappa shape index (κ3) is 3.04. The summed E-state index contributed by atoms with van der Waals surface area (Å²) in [5.41, 5.74) is 2.28. The fourth-order valence-corrected chi connectivity index (χ4v) is 2.40. The monoisotopic (exact) mass is 289 g/mol. The molecule has 1 aromatic heterocycles. The molecule has 114 valence electrons. The number of aromatic nitrogens is 1. The quantitative estimate of drug-likeness (QED) is 0.827. The minimum atomic E-state index is -0.514. The normalized spacial score (nSPS) is 11.7. The number of hydrogen-bond acceptors (Lipinski definition) is 3. The summed E-state index contributed by atoms with van der Waals surface area (Å²) in [6.45, 7) is 9.61. The first-order valence-electron chi connectivity index (χ1n) is 7.19. The topological polar surface area (TPSA) is 40.5 Å². The number of benzene rings is 1. The molecule has 0 aliphatic rings. The van der Waals surface area contributed by atoms with Crippen LogP contribution < -0.4 is 4.74 Å². The Bertz CT molecular complexity index is 677. The average Bonchev–Trinajstić information content (AvgIpc) is 2.73. The van der Waals surface area contributed by atoms with Crippen LogP contribution in [0.4, 0.5) is 4.79 Å². The van der Waals surface area contributed by atoms with Gasteiger partial charge in [-0.05, 0) is 57.9 Å². The Kier molecular flexibility index (Phi) is 3.99. The Morgan fingerprint density at radius 1 is 1.24 bits per heavy atom. The molecule has 0 N–H and O–H groups in total. The lowest BCUT2D eigenvalue weighted by Crippen LogP contribution is -2.27. The van der Waals surface area contributed by atoms with Crippen LogP contribution in [-0.4, -0.2) is 23.4 Å². The van der Waals surface area contributed by atoms with E-state index in [4.69, 9.17) is 9.47 Å². The minimum absolute atomic E-state index is 0.334. The van der Waals surface area contributed by atoms with Gasteiger partial charge >= 0.3 is 6.09 Å². The third-order valence-electron chi connectivity index (χ3n) is 3.33. The van der Waals surface area contributed by atoms with Gasteiger partial charge in [0.25, 0.3) is 0 Å². The molecule has 0 saturated carbocycles. The van der Waals surface area contributed by atoms with Gasteiger partial charge in [0.05, 0.1) is 12.6 Å². The molecule has 0 saturated heterocycles. The SMILES string of the molecule is CCc1cc2cc(OC)c(C)cc2n1C(=O)OC(C)(C)C. The molecule has 0 bridgehead atoms. The smallest absolute Gasteiger partial charge is 0.419 e. The minimum Gasteiger partial charge on any atom is -0.496 e. The molecule has 4 heteroatoms. The van der Waals surface area contributed by atoms with Crippen LogP contribution in [-0.2, 0) is 11.2 Å². The first-order valence-corrected chi connectivity index (χ1v) is 7.19. The maximum absolute atomic E-state index is 12.5. The maximum atomic E-state index is 12.5. The molecule has 0 spiro atoms. The van der Waals surface area contributed by atoms with Crippen LogP contribution in [0.1, 0.15) is 39.0 Å². The highest BCUT2D eigenvalue weighted by molar-refractivity contribution is 5.92. The zero-order valence-electron chi connectivity index (χ0n) is 13.6. The number of nitrogens with zero attached hydrogens (tertiary/aromatic N) is 1. The van der Waals surface area contributed by atoms with E-state index in [1.807, 2.05) is 52.8 Å². The largest absolute Gasteiger partial charge is 0.496 e. The van der Waals surface area contributed by atoms with Gasteiger partial charge in [-0.2, -0.15) is 0 Å². The second-order valence-electron chi connectivity index (χ2n) is 6.19. The summed E-state index contributed by atoms with van der Waals surface area (Å²) in [5.74, 6) is 0.825. The van der Waals surface area contributed by atoms with Crippen LogP contribution in [0.25, 0.3) is 10.9 Å². The molecule has 0 aliphatic heterocycles. The van der Waals surface area contributed by atoms with Crippen molar-refractivity contribution in [1.29, 1.82) is 0 Å². The Hall–Kier alpha value is -1.97. The number of carbonyl (C=O) groups excluding carboxylic acids is 1. The number of methoxy groups -OCH3 is 1. The molecule has 2 aromatic rings. The molecule has 1 heterocycles. The lowest BCUT2D eigenvalue weighted by Gasteiger charge is -2.21. The summed E-state index contributed by atoms with van der Waals surface area (Å²) in [6.07, 6.45) is 0.425. The van der Waals surface area contributed by atoms with Crippen molar-refractivity contribution in [2.24, 2.45) is 0 Å². The van der Waals surface area contributed by atoms with E-state index in [1.165, 1.54) is 0 Å². The molecule has 4 nitrogen and oxygen atoms in total. The Morgan fingerprint density at radius 2 is 1.90 bits per heavy atom. The van der Waals surface area contributed by atoms with E-state index in [9.17, 15) is 4.79 Å². The van der Waals surface area contributed by atoms with Crippen molar-refractivity contribution in [3.05, 3.63) is 29.5 Å². The highest BCUT2D eigenvalue weighted by Crippen LogP contribution is 2.29. The molecule has 0 atom stereocenters. The average molecular weight is 289 g/mol. The summed E-state index contributed by atoms with van der Waals surface area (Å²) in [6, 6.07) is 5.95. The first-order chi connectivity index (χ1) is 9.76. The predicted molar refractivity (Wildman–Crippen MR) is 84.2 cm³/mol. The molecule has 0 aliphatic carbocycles. The first kappa shape index (κ1) is 15.4. The zero-order valence-corrected chi connectivity index (χ0v) is 13.6. The molecule has 1 aromatic carbocycles. The molecular formula is C17H23NO3. The van der Waals surface area contributed by atoms with Gasteiger partial charge in [-0.25, -0.2) is 9.36 Å². The zero-order chi connectivity index (χ0) is 15.8. The van der Waals surface area contributed by atoms with E-state index in [-0.39, 0.29) is 6.09 Å². The van der Waals surface area contributed by atoms with Gasteiger partial charge in [0.15, 0.2) is 0 Å². The van der Waals surface area contributed by atoms with Gasteiger partial charge in [0.1, 0.15) is 11.4 Å². The van der Waals surface area contributed by atoms with Gasteiger partial charge in [-0.1, -0.05) is 6.92 Å². The van der Waals surface area contributed by atoms with Gasteiger partial charge < -0.3 is 9.47 Å². The lowest BCUT2D eigenvalue weighted by atomic mass is 10.1. The summed E-state index contributed by atoms with van der Waals surface area (Å²) in [4.78, 5) is 12.5. The van der Waals surface area contributed by atoms with Crippen molar-refractivity contribution >= 4 is 17.0 Å². The van der Waals surface area contributed by atoms with E-state index in [0.717, 1.165) is 34.3 Å². The van der Waals surface area contributed by atoms with Crippen LogP contribution >= 0.6 is 0 Å². The number of fused-ring (bicyclic) bond motifs is 1. The standard InChI is InChI=1S/C17H23NO3/c1-7-13-9-12-10-15(20-6)11(2)8-14(12)18(13)16(19)21-17(3,4)5/h8-10H,7H2,1-6H3. The molecule has 21 heavy (non-hydrogen) atoms. The fourth-order valence-electron chi connectivity index (χ4n) is 2.40. The van der Waals surface area contributed by atoms with E-state index in [2.05, 4.69) is 0 Å². The molecular weight excluding hydrogens is 266 g/mol. The van der Waals surface area contributed by atoms with Crippen LogP contribution in [0.3, 0.4) is 0 Å². The van der Waals surface area contributed by atoms with Gasteiger partial charge in [0, 0.05) is 11.1 Å². The van der Waals surface area contributed by atoms with Crippen molar-refractivity contribution in [2.45, 2.75) is 46.6 Å². The second kappa shape index (κ2) is 5.43. The van der Waals surface area contributed by atoms with Gasteiger partial charge in [-0.3, -0.25) is 0 Å². The number of aryl methyl sites for hydroxylation is 2. The summed E-state index contributed by atoms with van der Waals surface area (Å²) in [5, 5.41) is 0.986. The number of rotatable bonds is 2. The Balaban J connectivity index is 2.61. The van der Waals surface area contributed by atoms with Crippen molar-refractivity contribution in [3.63, 3.8) is 0 Å². The van der Waals surface area contributed by atoms with Crippen LogP contribution in [0.2, 0.25) is 0 Å². The van der Waals surface area contributed by atoms with Crippen LogP contribution in [0.15, 0.2) is 18.2 Å². The fraction of sp³-hybridized carbons (Fsp3) is 0.471. The summed E-state index contributed by atoms with van der Waals surface area (Å²) < 4.78 is 12.5.